The molecular formula is C23H24F3NO5S. The molecule has 33 heavy (non-hydrogen) atoms. The molecule has 1 N–H and O–H groups in total. The van der Waals surface area contributed by atoms with E-state index in [0.29, 0.717) is 42.2 Å². The monoisotopic (exact) mass is 483 g/mol. The van der Waals surface area contributed by atoms with Crippen molar-refractivity contribution in [2.75, 3.05) is 13.7 Å². The Morgan fingerprint density at radius 3 is 2.61 bits per heavy atom. The highest BCUT2D eigenvalue weighted by atomic mass is 32.2. The lowest BCUT2D eigenvalue weighted by Gasteiger charge is -2.28. The Labute approximate surface area is 190 Å². The second-order valence-electron chi connectivity index (χ2n) is 7.78. The summed E-state index contributed by atoms with van der Waals surface area (Å²) < 4.78 is 78.9. The van der Waals surface area contributed by atoms with Crippen LogP contribution in [0.15, 0.2) is 47.9 Å². The highest BCUT2D eigenvalue weighted by Gasteiger charge is 2.34. The van der Waals surface area contributed by atoms with E-state index < -0.39 is 38.7 Å². The molecule has 1 aliphatic rings. The third-order valence-corrected chi connectivity index (χ3v) is 6.82. The van der Waals surface area contributed by atoms with Gasteiger partial charge in [-0.3, -0.25) is 0 Å². The maximum Gasteiger partial charge on any atom is 0.416 e. The number of allylic oxidation sites excluding steroid dienone is 1. The molecule has 0 aliphatic heterocycles. The van der Waals surface area contributed by atoms with E-state index in [4.69, 9.17) is 4.74 Å². The molecule has 0 bridgehead atoms. The number of rotatable bonds is 7. The Kier molecular flexibility index (Phi) is 7.18. The van der Waals surface area contributed by atoms with Crippen molar-refractivity contribution in [2.24, 2.45) is 0 Å². The molecule has 1 aliphatic carbocycles. The van der Waals surface area contributed by atoms with Crippen molar-refractivity contribution in [3.05, 3.63) is 65.2 Å². The van der Waals surface area contributed by atoms with E-state index in [1.54, 1.807) is 18.2 Å². The smallest absolute Gasteiger partial charge is 0.416 e. The molecule has 2 aromatic rings. The Hall–Kier alpha value is -2.85. The summed E-state index contributed by atoms with van der Waals surface area (Å²) >= 11 is 0. The first kappa shape index (κ1) is 24.8. The van der Waals surface area contributed by atoms with E-state index in [1.165, 1.54) is 20.1 Å². The maximum absolute atomic E-state index is 13.4. The van der Waals surface area contributed by atoms with Gasteiger partial charge >= 0.3 is 12.1 Å². The number of sulfonamides is 1. The fourth-order valence-corrected chi connectivity index (χ4v) is 5.01. The van der Waals surface area contributed by atoms with Crippen LogP contribution in [0.1, 0.15) is 48.1 Å². The predicted octanol–water partition coefficient (Wildman–Crippen LogP) is 4.65. The number of carbonyl (C=O) groups excluding carboxylic acids is 1. The molecular weight excluding hydrogens is 459 g/mol. The van der Waals surface area contributed by atoms with Crippen molar-refractivity contribution in [3.8, 4) is 5.75 Å². The summed E-state index contributed by atoms with van der Waals surface area (Å²) in [6, 6.07) is 7.09. The number of benzene rings is 2. The molecule has 0 saturated heterocycles. The Morgan fingerprint density at radius 2 is 1.97 bits per heavy atom. The Morgan fingerprint density at radius 1 is 1.24 bits per heavy atom. The van der Waals surface area contributed by atoms with E-state index in [-0.39, 0.29) is 12.2 Å². The molecule has 0 spiro atoms. The molecule has 6 nitrogen and oxygen atoms in total. The minimum atomic E-state index is -4.71. The van der Waals surface area contributed by atoms with Crippen LogP contribution >= 0.6 is 0 Å². The predicted molar refractivity (Wildman–Crippen MR) is 116 cm³/mol. The summed E-state index contributed by atoms with van der Waals surface area (Å²) in [7, 11) is -3.05. The lowest BCUT2D eigenvalue weighted by molar-refractivity contribution is -0.143. The van der Waals surface area contributed by atoms with Crippen LogP contribution in [0, 0.1) is 0 Å². The number of hydrogen-bond acceptors (Lipinski definition) is 5. The molecule has 3 rings (SSSR count). The van der Waals surface area contributed by atoms with Gasteiger partial charge in [-0.05, 0) is 67.1 Å². The molecule has 0 heterocycles. The number of fused-ring (bicyclic) bond motifs is 1. The van der Waals surface area contributed by atoms with Gasteiger partial charge in [0.05, 0.1) is 17.6 Å². The number of ether oxygens (including phenoxy) is 2. The molecule has 0 radical (unpaired) electrons. The molecule has 2 aromatic carbocycles. The number of esters is 1. The zero-order chi connectivity index (χ0) is 24.4. The average Bonchev–Trinajstić information content (AvgIpc) is 2.76. The summed E-state index contributed by atoms with van der Waals surface area (Å²) in [6.07, 6.45) is -3.02. The Balaban J connectivity index is 1.94. The van der Waals surface area contributed by atoms with Gasteiger partial charge in [0.15, 0.2) is 6.61 Å². The zero-order valence-corrected chi connectivity index (χ0v) is 19.0. The molecule has 1 unspecified atom stereocenters. The van der Waals surface area contributed by atoms with Crippen LogP contribution in [0.4, 0.5) is 13.2 Å². The SMILES string of the molecule is C=C(C)c1cc(C(F)(F)F)cc(S(=O)(=O)NC2CCCc3c(OCC(=O)OC)cccc32)c1. The molecule has 0 fully saturated rings. The van der Waals surface area contributed by atoms with Gasteiger partial charge in [-0.25, -0.2) is 17.9 Å². The van der Waals surface area contributed by atoms with Gasteiger partial charge in [0.25, 0.3) is 0 Å². The van der Waals surface area contributed by atoms with Gasteiger partial charge in [0.1, 0.15) is 5.75 Å². The first-order valence-electron chi connectivity index (χ1n) is 10.1. The van der Waals surface area contributed by atoms with E-state index in [1.807, 2.05) is 0 Å². The fraction of sp³-hybridized carbons (Fsp3) is 0.348. The Bertz CT molecular complexity index is 1180. The summed E-state index contributed by atoms with van der Waals surface area (Å²) in [6.45, 7) is 4.85. The minimum absolute atomic E-state index is 0.0905. The maximum atomic E-state index is 13.4. The number of halogens is 3. The van der Waals surface area contributed by atoms with Crippen molar-refractivity contribution >= 4 is 21.6 Å². The molecule has 0 aromatic heterocycles. The van der Waals surface area contributed by atoms with E-state index in [9.17, 15) is 26.4 Å². The second kappa shape index (κ2) is 9.56. The largest absolute Gasteiger partial charge is 0.482 e. The van der Waals surface area contributed by atoms with Crippen LogP contribution in [0.25, 0.3) is 5.57 Å². The molecule has 10 heteroatoms. The van der Waals surface area contributed by atoms with E-state index >= 15 is 0 Å². The third-order valence-electron chi connectivity index (χ3n) is 5.37. The fourth-order valence-electron chi connectivity index (χ4n) is 3.69. The summed E-state index contributed by atoms with van der Waals surface area (Å²) in [5.74, 6) is -0.121. The summed E-state index contributed by atoms with van der Waals surface area (Å²) in [5.41, 5.74) is 0.734. The summed E-state index contributed by atoms with van der Waals surface area (Å²) in [4.78, 5) is 10.9. The molecule has 0 amide bonds. The first-order chi connectivity index (χ1) is 15.4. The van der Waals surface area contributed by atoms with Crippen molar-refractivity contribution in [3.63, 3.8) is 0 Å². The topological polar surface area (TPSA) is 81.7 Å². The highest BCUT2D eigenvalue weighted by Crippen LogP contribution is 2.37. The van der Waals surface area contributed by atoms with Crippen molar-refractivity contribution in [1.29, 1.82) is 0 Å². The molecule has 0 saturated carbocycles. The van der Waals surface area contributed by atoms with Crippen LogP contribution in [-0.2, 0) is 32.2 Å². The van der Waals surface area contributed by atoms with Crippen LogP contribution in [0.3, 0.4) is 0 Å². The molecule has 178 valence electrons. The summed E-state index contributed by atoms with van der Waals surface area (Å²) in [5, 5.41) is 0. The standard InChI is InChI=1S/C23H24F3NO5S/c1-14(2)15-10-16(23(24,25)26)12-17(11-15)33(29,30)27-20-8-4-7-19-18(20)6-5-9-21(19)32-13-22(28)31-3/h5-6,9-12,20,27H,1,4,7-8,13H2,2-3H3. The van der Waals surface area contributed by atoms with Crippen molar-refractivity contribution in [1.82, 2.24) is 4.72 Å². The number of nitrogens with one attached hydrogen (secondary N) is 1. The van der Waals surface area contributed by atoms with Crippen LogP contribution in [-0.4, -0.2) is 28.1 Å². The van der Waals surface area contributed by atoms with Gasteiger partial charge in [0.2, 0.25) is 10.0 Å². The van der Waals surface area contributed by atoms with Gasteiger partial charge in [-0.15, -0.1) is 0 Å². The highest BCUT2D eigenvalue weighted by molar-refractivity contribution is 7.89. The second-order valence-corrected chi connectivity index (χ2v) is 9.49. The number of carbonyl (C=O) groups is 1. The van der Waals surface area contributed by atoms with Crippen LogP contribution in [0.2, 0.25) is 0 Å². The van der Waals surface area contributed by atoms with E-state index in [0.717, 1.165) is 11.6 Å². The van der Waals surface area contributed by atoms with E-state index in [2.05, 4.69) is 16.0 Å². The minimum Gasteiger partial charge on any atom is -0.482 e. The van der Waals surface area contributed by atoms with Gasteiger partial charge in [-0.1, -0.05) is 24.3 Å². The van der Waals surface area contributed by atoms with Crippen LogP contribution in [0.5, 0.6) is 5.75 Å². The number of methoxy groups -OCH3 is 1. The molecule has 1 atom stereocenters. The average molecular weight is 484 g/mol. The normalized spacial score (nSPS) is 16.1. The van der Waals surface area contributed by atoms with Crippen molar-refractivity contribution in [2.45, 2.75) is 43.3 Å². The lowest BCUT2D eigenvalue weighted by Crippen LogP contribution is -2.31. The third kappa shape index (κ3) is 5.75. The van der Waals surface area contributed by atoms with Gasteiger partial charge in [-0.2, -0.15) is 13.2 Å². The zero-order valence-electron chi connectivity index (χ0n) is 18.2. The number of hydrogen-bond donors (Lipinski definition) is 1. The van der Waals surface area contributed by atoms with Crippen LogP contribution < -0.4 is 9.46 Å². The number of alkyl halides is 3. The van der Waals surface area contributed by atoms with Gasteiger partial charge in [0, 0.05) is 6.04 Å². The quantitative estimate of drug-likeness (QED) is 0.580. The lowest BCUT2D eigenvalue weighted by atomic mass is 9.87. The van der Waals surface area contributed by atoms with Crippen molar-refractivity contribution < 1.29 is 35.9 Å². The first-order valence-corrected chi connectivity index (χ1v) is 11.6. The van der Waals surface area contributed by atoms with Gasteiger partial charge < -0.3 is 9.47 Å².